The van der Waals surface area contributed by atoms with E-state index in [4.69, 9.17) is 5.73 Å². The summed E-state index contributed by atoms with van der Waals surface area (Å²) in [5, 5.41) is 3.52. The molecule has 16 heavy (non-hydrogen) atoms. The Labute approximate surface area is 107 Å². The summed E-state index contributed by atoms with van der Waals surface area (Å²) in [4.78, 5) is 0. The van der Waals surface area contributed by atoms with Gasteiger partial charge in [-0.1, -0.05) is 26.3 Å². The predicted molar refractivity (Wildman–Crippen MR) is 74.8 cm³/mol. The Balaban J connectivity index is 2.81. The van der Waals surface area contributed by atoms with Gasteiger partial charge in [0.1, 0.15) is 0 Å². The Hall–Kier alpha value is -0.540. The molecule has 2 atom stereocenters. The number of benzene rings is 1. The van der Waals surface area contributed by atoms with E-state index in [0.29, 0.717) is 18.5 Å². The van der Waals surface area contributed by atoms with E-state index < -0.39 is 0 Å². The largest absolute Gasteiger partial charge is 0.380 e. The molecule has 2 unspecified atom stereocenters. The van der Waals surface area contributed by atoms with E-state index in [1.165, 1.54) is 5.56 Å². The fourth-order valence-electron chi connectivity index (χ4n) is 1.67. The Morgan fingerprint density at radius 2 is 2.12 bits per heavy atom. The Kier molecular flexibility index (Phi) is 5.29. The van der Waals surface area contributed by atoms with Gasteiger partial charge in [0.2, 0.25) is 0 Å². The van der Waals surface area contributed by atoms with Crippen molar-refractivity contribution in [2.75, 3.05) is 11.9 Å². The lowest BCUT2D eigenvalue weighted by Crippen LogP contribution is -2.34. The maximum atomic E-state index is 5.81. The van der Waals surface area contributed by atoms with Gasteiger partial charge in [-0.05, 0) is 46.5 Å². The van der Waals surface area contributed by atoms with Gasteiger partial charge < -0.3 is 11.1 Å². The molecule has 3 heteroatoms. The molecule has 0 bridgehead atoms. The smallest absolute Gasteiger partial charge is 0.0489 e. The van der Waals surface area contributed by atoms with Crippen LogP contribution in [0.5, 0.6) is 0 Å². The SMILES string of the molecule is CCC(C)C(CN)Nc1cc(C)ccc1Br. The normalized spacial score (nSPS) is 14.6. The monoisotopic (exact) mass is 284 g/mol. The molecule has 3 N–H and O–H groups in total. The second kappa shape index (κ2) is 6.26. The van der Waals surface area contributed by atoms with Gasteiger partial charge in [0, 0.05) is 22.7 Å². The van der Waals surface area contributed by atoms with Crippen LogP contribution in [0.15, 0.2) is 22.7 Å². The molecule has 0 heterocycles. The van der Waals surface area contributed by atoms with Gasteiger partial charge in [0.25, 0.3) is 0 Å². The number of aryl methyl sites for hydroxylation is 1. The molecule has 0 fully saturated rings. The number of anilines is 1. The van der Waals surface area contributed by atoms with Crippen LogP contribution in [-0.2, 0) is 0 Å². The van der Waals surface area contributed by atoms with E-state index in [1.807, 2.05) is 0 Å². The van der Waals surface area contributed by atoms with Gasteiger partial charge in [0.05, 0.1) is 0 Å². The van der Waals surface area contributed by atoms with Crippen LogP contribution in [0, 0.1) is 12.8 Å². The second-order valence-electron chi connectivity index (χ2n) is 4.36. The molecule has 0 saturated heterocycles. The maximum Gasteiger partial charge on any atom is 0.0489 e. The third-order valence-electron chi connectivity index (χ3n) is 3.05. The molecule has 1 aromatic carbocycles. The summed E-state index contributed by atoms with van der Waals surface area (Å²) < 4.78 is 1.10. The number of nitrogens with one attached hydrogen (secondary N) is 1. The first-order valence-corrected chi connectivity index (χ1v) is 6.60. The summed E-state index contributed by atoms with van der Waals surface area (Å²) in [6.45, 7) is 7.18. The molecule has 0 aliphatic rings. The van der Waals surface area contributed by atoms with Crippen LogP contribution in [0.3, 0.4) is 0 Å². The van der Waals surface area contributed by atoms with E-state index >= 15 is 0 Å². The molecule has 0 aliphatic heterocycles. The zero-order valence-corrected chi connectivity index (χ0v) is 11.8. The lowest BCUT2D eigenvalue weighted by molar-refractivity contribution is 0.474. The van der Waals surface area contributed by atoms with Gasteiger partial charge in [-0.25, -0.2) is 0 Å². The molecule has 0 amide bonds. The lowest BCUT2D eigenvalue weighted by atomic mass is 9.99. The van der Waals surface area contributed by atoms with Crippen LogP contribution in [0.2, 0.25) is 0 Å². The molecule has 0 spiro atoms. The number of hydrogen-bond acceptors (Lipinski definition) is 2. The first-order valence-electron chi connectivity index (χ1n) is 5.81. The third-order valence-corrected chi connectivity index (χ3v) is 3.74. The van der Waals surface area contributed by atoms with Crippen molar-refractivity contribution >= 4 is 21.6 Å². The molecule has 0 saturated carbocycles. The number of nitrogens with two attached hydrogens (primary N) is 1. The highest BCUT2D eigenvalue weighted by Crippen LogP contribution is 2.25. The molecule has 1 aromatic rings. The molecule has 2 nitrogen and oxygen atoms in total. The minimum Gasteiger partial charge on any atom is -0.380 e. The van der Waals surface area contributed by atoms with Crippen LogP contribution in [0.1, 0.15) is 25.8 Å². The van der Waals surface area contributed by atoms with Crippen LogP contribution in [0.25, 0.3) is 0 Å². The average Bonchev–Trinajstić information content (AvgIpc) is 2.29. The molecular weight excluding hydrogens is 264 g/mol. The topological polar surface area (TPSA) is 38.0 Å². The standard InChI is InChI=1S/C13H21BrN2/c1-4-10(3)13(8-15)16-12-7-9(2)5-6-11(12)14/h5-7,10,13,16H,4,8,15H2,1-3H3. The van der Waals surface area contributed by atoms with Crippen LogP contribution in [0.4, 0.5) is 5.69 Å². The fraction of sp³-hybridized carbons (Fsp3) is 0.538. The first-order chi connectivity index (χ1) is 7.58. The van der Waals surface area contributed by atoms with Crippen molar-refractivity contribution in [3.05, 3.63) is 28.2 Å². The minimum absolute atomic E-state index is 0.336. The van der Waals surface area contributed by atoms with E-state index in [9.17, 15) is 0 Å². The highest BCUT2D eigenvalue weighted by molar-refractivity contribution is 9.10. The summed E-state index contributed by atoms with van der Waals surface area (Å²) in [6.07, 6.45) is 1.14. The van der Waals surface area contributed by atoms with Crippen molar-refractivity contribution < 1.29 is 0 Å². The number of rotatable bonds is 5. The number of halogens is 1. The van der Waals surface area contributed by atoms with E-state index in [-0.39, 0.29) is 0 Å². The Morgan fingerprint density at radius 1 is 1.44 bits per heavy atom. The van der Waals surface area contributed by atoms with Gasteiger partial charge >= 0.3 is 0 Å². The Morgan fingerprint density at radius 3 is 2.69 bits per heavy atom. The highest BCUT2D eigenvalue weighted by atomic mass is 79.9. The summed E-state index contributed by atoms with van der Waals surface area (Å²) in [5.41, 5.74) is 8.20. The highest BCUT2D eigenvalue weighted by Gasteiger charge is 2.14. The first kappa shape index (κ1) is 13.5. The third kappa shape index (κ3) is 3.49. The molecule has 0 aliphatic carbocycles. The second-order valence-corrected chi connectivity index (χ2v) is 5.21. The Bertz CT molecular complexity index is 339. The van der Waals surface area contributed by atoms with Gasteiger partial charge in [-0.15, -0.1) is 0 Å². The number of hydrogen-bond donors (Lipinski definition) is 2. The molecule has 1 rings (SSSR count). The zero-order valence-electron chi connectivity index (χ0n) is 10.3. The molecule has 0 radical (unpaired) electrons. The summed E-state index contributed by atoms with van der Waals surface area (Å²) in [5.74, 6) is 0.581. The van der Waals surface area contributed by atoms with Gasteiger partial charge in [-0.2, -0.15) is 0 Å². The fourth-order valence-corrected chi connectivity index (χ4v) is 2.03. The van der Waals surface area contributed by atoms with Gasteiger partial charge in [-0.3, -0.25) is 0 Å². The summed E-state index contributed by atoms with van der Waals surface area (Å²) in [6, 6.07) is 6.65. The van der Waals surface area contributed by atoms with E-state index in [0.717, 1.165) is 16.6 Å². The van der Waals surface area contributed by atoms with Crippen molar-refractivity contribution in [1.82, 2.24) is 0 Å². The predicted octanol–water partition coefficient (Wildman–Crippen LogP) is 3.54. The van der Waals surface area contributed by atoms with Crippen LogP contribution in [-0.4, -0.2) is 12.6 Å². The molecule has 0 aromatic heterocycles. The average molecular weight is 285 g/mol. The van der Waals surface area contributed by atoms with Crippen molar-refractivity contribution in [2.45, 2.75) is 33.2 Å². The lowest BCUT2D eigenvalue weighted by Gasteiger charge is -2.24. The molecule has 90 valence electrons. The maximum absolute atomic E-state index is 5.81. The van der Waals surface area contributed by atoms with E-state index in [2.05, 4.69) is 60.2 Å². The van der Waals surface area contributed by atoms with Crippen molar-refractivity contribution in [1.29, 1.82) is 0 Å². The van der Waals surface area contributed by atoms with Crippen molar-refractivity contribution in [3.8, 4) is 0 Å². The van der Waals surface area contributed by atoms with Gasteiger partial charge in [0.15, 0.2) is 0 Å². The molecular formula is C13H21BrN2. The van der Waals surface area contributed by atoms with Crippen LogP contribution >= 0.6 is 15.9 Å². The van der Waals surface area contributed by atoms with Crippen molar-refractivity contribution in [2.24, 2.45) is 11.7 Å². The summed E-state index contributed by atoms with van der Waals surface area (Å²) >= 11 is 3.56. The zero-order chi connectivity index (χ0) is 12.1. The summed E-state index contributed by atoms with van der Waals surface area (Å²) in [7, 11) is 0. The van der Waals surface area contributed by atoms with E-state index in [1.54, 1.807) is 0 Å². The minimum atomic E-state index is 0.336. The quantitative estimate of drug-likeness (QED) is 0.868. The van der Waals surface area contributed by atoms with Crippen molar-refractivity contribution in [3.63, 3.8) is 0 Å². The van der Waals surface area contributed by atoms with Crippen LogP contribution < -0.4 is 11.1 Å².